The SMILES string of the molecule is Cc1cccc(N2CCN(C(=O)c3cccc(S(=O)(=O)N(C)c4cccc(Cl)c4)c3)CC2)c1C. The van der Waals surface area contributed by atoms with Gasteiger partial charge in [0.25, 0.3) is 15.9 Å². The molecular weight excluding hydrogens is 470 g/mol. The van der Waals surface area contributed by atoms with Crippen molar-refractivity contribution >= 4 is 38.9 Å². The van der Waals surface area contributed by atoms with Crippen LogP contribution in [0.15, 0.2) is 71.6 Å². The van der Waals surface area contributed by atoms with Crippen LogP contribution >= 0.6 is 11.6 Å². The summed E-state index contributed by atoms with van der Waals surface area (Å²) in [5.41, 5.74) is 4.51. The molecule has 0 spiro atoms. The van der Waals surface area contributed by atoms with E-state index in [-0.39, 0.29) is 10.8 Å². The van der Waals surface area contributed by atoms with Gasteiger partial charge in [-0.25, -0.2) is 8.42 Å². The smallest absolute Gasteiger partial charge is 0.264 e. The van der Waals surface area contributed by atoms with E-state index in [0.717, 1.165) is 13.1 Å². The van der Waals surface area contributed by atoms with Crippen LogP contribution in [-0.2, 0) is 10.0 Å². The number of aryl methyl sites for hydroxylation is 1. The topological polar surface area (TPSA) is 60.9 Å². The number of amides is 1. The number of anilines is 2. The number of piperazine rings is 1. The largest absolute Gasteiger partial charge is 0.368 e. The van der Waals surface area contributed by atoms with Crippen molar-refractivity contribution in [2.24, 2.45) is 0 Å². The average Bonchev–Trinajstić information content (AvgIpc) is 2.85. The minimum Gasteiger partial charge on any atom is -0.368 e. The number of carbonyl (C=O) groups excluding carboxylic acids is 1. The van der Waals surface area contributed by atoms with Gasteiger partial charge in [-0.15, -0.1) is 0 Å². The number of nitrogens with zero attached hydrogens (tertiary/aromatic N) is 3. The van der Waals surface area contributed by atoms with E-state index in [1.54, 1.807) is 41.3 Å². The highest BCUT2D eigenvalue weighted by molar-refractivity contribution is 7.92. The monoisotopic (exact) mass is 497 g/mol. The molecule has 0 atom stereocenters. The van der Waals surface area contributed by atoms with Crippen molar-refractivity contribution in [1.82, 2.24) is 4.90 Å². The molecule has 3 aromatic carbocycles. The third kappa shape index (κ3) is 4.76. The number of benzene rings is 3. The number of rotatable bonds is 5. The third-order valence-corrected chi connectivity index (χ3v) is 8.41. The molecule has 0 radical (unpaired) electrons. The van der Waals surface area contributed by atoms with Gasteiger partial charge in [0.15, 0.2) is 0 Å². The summed E-state index contributed by atoms with van der Waals surface area (Å²) >= 11 is 6.03. The first-order valence-corrected chi connectivity index (χ1v) is 13.0. The Hall–Kier alpha value is -3.03. The highest BCUT2D eigenvalue weighted by Crippen LogP contribution is 2.26. The van der Waals surface area contributed by atoms with Crippen molar-refractivity contribution in [2.45, 2.75) is 18.7 Å². The van der Waals surface area contributed by atoms with Crippen LogP contribution in [0, 0.1) is 13.8 Å². The van der Waals surface area contributed by atoms with Crippen LogP contribution in [0.5, 0.6) is 0 Å². The van der Waals surface area contributed by atoms with Crippen molar-refractivity contribution in [1.29, 1.82) is 0 Å². The van der Waals surface area contributed by atoms with Gasteiger partial charge >= 0.3 is 0 Å². The van der Waals surface area contributed by atoms with E-state index >= 15 is 0 Å². The number of sulfonamides is 1. The maximum atomic E-state index is 13.2. The van der Waals surface area contributed by atoms with Crippen LogP contribution in [-0.4, -0.2) is 52.5 Å². The highest BCUT2D eigenvalue weighted by Gasteiger charge is 2.26. The molecule has 0 unspecified atom stereocenters. The molecule has 0 saturated carbocycles. The summed E-state index contributed by atoms with van der Waals surface area (Å²) in [6.07, 6.45) is 0. The lowest BCUT2D eigenvalue weighted by Gasteiger charge is -2.37. The van der Waals surface area contributed by atoms with Crippen molar-refractivity contribution in [3.8, 4) is 0 Å². The summed E-state index contributed by atoms with van der Waals surface area (Å²) in [6.45, 7) is 6.83. The standard InChI is InChI=1S/C26H28ClN3O3S/c1-19-7-4-12-25(20(19)2)29-13-15-30(16-14-29)26(31)21-8-5-11-24(17-21)34(32,33)28(3)23-10-6-9-22(27)18-23/h4-12,17-18H,13-16H2,1-3H3. The Kier molecular flexibility index (Phi) is 6.86. The summed E-state index contributed by atoms with van der Waals surface area (Å²) in [6, 6.07) is 19.1. The lowest BCUT2D eigenvalue weighted by Crippen LogP contribution is -2.49. The van der Waals surface area contributed by atoms with E-state index in [0.29, 0.717) is 29.4 Å². The summed E-state index contributed by atoms with van der Waals surface area (Å²) in [5, 5.41) is 0.448. The molecule has 4 rings (SSSR count). The second kappa shape index (κ2) is 9.68. The van der Waals surface area contributed by atoms with Crippen molar-refractivity contribution in [3.05, 3.63) is 88.4 Å². The van der Waals surface area contributed by atoms with E-state index in [1.807, 2.05) is 0 Å². The number of hydrogen-bond donors (Lipinski definition) is 0. The Balaban J connectivity index is 1.50. The number of hydrogen-bond acceptors (Lipinski definition) is 4. The van der Waals surface area contributed by atoms with Crippen molar-refractivity contribution in [2.75, 3.05) is 42.4 Å². The van der Waals surface area contributed by atoms with Gasteiger partial charge in [-0.2, -0.15) is 0 Å². The maximum Gasteiger partial charge on any atom is 0.264 e. The molecule has 1 fully saturated rings. The number of halogens is 1. The van der Waals surface area contributed by atoms with Gasteiger partial charge in [0.1, 0.15) is 0 Å². The summed E-state index contributed by atoms with van der Waals surface area (Å²) < 4.78 is 27.6. The first-order valence-electron chi connectivity index (χ1n) is 11.1. The number of carbonyl (C=O) groups is 1. The Labute approximate surface area is 206 Å². The molecule has 1 heterocycles. The second-order valence-corrected chi connectivity index (χ2v) is 10.9. The Morgan fingerprint density at radius 2 is 1.59 bits per heavy atom. The molecule has 1 amide bonds. The molecule has 3 aromatic rings. The molecule has 178 valence electrons. The lowest BCUT2D eigenvalue weighted by molar-refractivity contribution is 0.0746. The van der Waals surface area contributed by atoms with Gasteiger partial charge in [-0.3, -0.25) is 9.10 Å². The predicted molar refractivity (Wildman–Crippen MR) is 138 cm³/mol. The van der Waals surface area contributed by atoms with Crippen LogP contribution in [0.3, 0.4) is 0 Å². The van der Waals surface area contributed by atoms with Gasteiger partial charge in [0.2, 0.25) is 0 Å². The van der Waals surface area contributed by atoms with Gasteiger partial charge in [-0.05, 0) is 67.4 Å². The third-order valence-electron chi connectivity index (χ3n) is 6.39. The molecular formula is C26H28ClN3O3S. The van der Waals surface area contributed by atoms with Gasteiger partial charge in [0, 0.05) is 49.5 Å². The summed E-state index contributed by atoms with van der Waals surface area (Å²) in [7, 11) is -2.38. The summed E-state index contributed by atoms with van der Waals surface area (Å²) in [5.74, 6) is -0.164. The van der Waals surface area contributed by atoms with Crippen LogP contribution in [0.4, 0.5) is 11.4 Å². The first-order chi connectivity index (χ1) is 16.2. The maximum absolute atomic E-state index is 13.2. The van der Waals surface area contributed by atoms with E-state index in [1.165, 1.54) is 40.3 Å². The highest BCUT2D eigenvalue weighted by atomic mass is 35.5. The summed E-state index contributed by atoms with van der Waals surface area (Å²) in [4.78, 5) is 17.4. The van der Waals surface area contributed by atoms with Crippen LogP contribution in [0.2, 0.25) is 5.02 Å². The van der Waals surface area contributed by atoms with Gasteiger partial charge in [-0.1, -0.05) is 35.9 Å². The fraction of sp³-hybridized carbons (Fsp3) is 0.269. The molecule has 0 N–H and O–H groups in total. The normalized spacial score (nSPS) is 14.2. The second-order valence-electron chi connectivity index (χ2n) is 8.48. The molecule has 1 aliphatic rings. The van der Waals surface area contributed by atoms with E-state index in [4.69, 9.17) is 11.6 Å². The van der Waals surface area contributed by atoms with E-state index < -0.39 is 10.0 Å². The van der Waals surface area contributed by atoms with Crippen LogP contribution in [0.25, 0.3) is 0 Å². The van der Waals surface area contributed by atoms with Gasteiger partial charge in [0.05, 0.1) is 10.6 Å². The zero-order valence-corrected chi connectivity index (χ0v) is 21.1. The molecule has 1 aliphatic heterocycles. The fourth-order valence-corrected chi connectivity index (χ4v) is 5.59. The molecule has 34 heavy (non-hydrogen) atoms. The Morgan fingerprint density at radius 3 is 2.29 bits per heavy atom. The Morgan fingerprint density at radius 1 is 0.912 bits per heavy atom. The van der Waals surface area contributed by atoms with Crippen molar-refractivity contribution < 1.29 is 13.2 Å². The van der Waals surface area contributed by atoms with E-state index in [9.17, 15) is 13.2 Å². The molecule has 0 bridgehead atoms. The van der Waals surface area contributed by atoms with Crippen molar-refractivity contribution in [3.63, 3.8) is 0 Å². The molecule has 1 saturated heterocycles. The predicted octanol–water partition coefficient (Wildman–Crippen LogP) is 4.74. The molecule has 6 nitrogen and oxygen atoms in total. The first kappa shape index (κ1) is 24.1. The zero-order valence-electron chi connectivity index (χ0n) is 19.5. The molecule has 8 heteroatoms. The van der Waals surface area contributed by atoms with Crippen LogP contribution < -0.4 is 9.21 Å². The average molecular weight is 498 g/mol. The zero-order chi connectivity index (χ0) is 24.5. The van der Waals surface area contributed by atoms with Gasteiger partial charge < -0.3 is 9.80 Å². The molecule has 0 aromatic heterocycles. The van der Waals surface area contributed by atoms with E-state index in [2.05, 4.69) is 36.9 Å². The minimum atomic E-state index is -3.85. The minimum absolute atomic E-state index is 0.0647. The quantitative estimate of drug-likeness (QED) is 0.510. The Bertz CT molecular complexity index is 1320. The molecule has 0 aliphatic carbocycles. The fourth-order valence-electron chi connectivity index (χ4n) is 4.17. The lowest BCUT2D eigenvalue weighted by atomic mass is 10.1. The van der Waals surface area contributed by atoms with Crippen LogP contribution in [0.1, 0.15) is 21.5 Å².